The van der Waals surface area contributed by atoms with Crippen LogP contribution in [-0.2, 0) is 4.79 Å². The van der Waals surface area contributed by atoms with E-state index in [-0.39, 0.29) is 17.8 Å². The maximum Gasteiger partial charge on any atom is 0.307 e. The van der Waals surface area contributed by atoms with Crippen LogP contribution in [-0.4, -0.2) is 16.1 Å². The van der Waals surface area contributed by atoms with Crippen molar-refractivity contribution in [3.8, 4) is 5.75 Å². The molecule has 2 aromatic rings. The van der Waals surface area contributed by atoms with Crippen LogP contribution in [0.15, 0.2) is 36.5 Å². The van der Waals surface area contributed by atoms with Gasteiger partial charge in [-0.05, 0) is 42.0 Å². The Bertz CT molecular complexity index is 796. The van der Waals surface area contributed by atoms with Crippen molar-refractivity contribution >= 4 is 30.2 Å². The number of halogens is 1. The highest BCUT2D eigenvalue weighted by atomic mass is 35.5. The van der Waals surface area contributed by atoms with Crippen LogP contribution in [0.1, 0.15) is 54.4 Å². The Kier molecular flexibility index (Phi) is 5.25. The van der Waals surface area contributed by atoms with Crippen molar-refractivity contribution in [2.24, 2.45) is 5.92 Å². The van der Waals surface area contributed by atoms with Gasteiger partial charge in [0.2, 0.25) is 0 Å². The maximum atomic E-state index is 11.0. The van der Waals surface area contributed by atoms with Crippen LogP contribution in [0.3, 0.4) is 0 Å². The summed E-state index contributed by atoms with van der Waals surface area (Å²) in [7, 11) is 0. The molecule has 0 aliphatic heterocycles. The van der Waals surface area contributed by atoms with Gasteiger partial charge in [0.25, 0.3) is 0 Å². The minimum atomic E-state index is -0.769. The molecule has 0 spiro atoms. The number of aliphatic carboxylic acids is 1. The van der Waals surface area contributed by atoms with E-state index in [0.29, 0.717) is 17.2 Å². The van der Waals surface area contributed by atoms with Crippen molar-refractivity contribution in [2.75, 3.05) is 0 Å². The zero-order valence-corrected chi connectivity index (χ0v) is 15.7. The van der Waals surface area contributed by atoms with Gasteiger partial charge in [-0.2, -0.15) is 0 Å². The molecule has 1 heterocycles. The Morgan fingerprint density at radius 3 is 2.76 bits per heavy atom. The Balaban J connectivity index is 1.76. The molecular formula is C19H20ClNO3S. The van der Waals surface area contributed by atoms with E-state index in [1.165, 1.54) is 0 Å². The van der Waals surface area contributed by atoms with Crippen molar-refractivity contribution in [1.82, 2.24) is 4.98 Å². The summed E-state index contributed by atoms with van der Waals surface area (Å²) in [6.07, 6.45) is 2.40. The van der Waals surface area contributed by atoms with Crippen LogP contribution in [0.5, 0.6) is 5.75 Å². The van der Waals surface area contributed by atoms with Crippen LogP contribution in [0.2, 0.25) is 5.02 Å². The fourth-order valence-electron chi connectivity index (χ4n) is 3.01. The summed E-state index contributed by atoms with van der Waals surface area (Å²) in [6, 6.07) is 9.20. The Morgan fingerprint density at radius 1 is 1.40 bits per heavy atom. The molecule has 1 saturated carbocycles. The highest BCUT2D eigenvalue weighted by Crippen LogP contribution is 2.50. The quantitative estimate of drug-likeness (QED) is 0.546. The topological polar surface area (TPSA) is 59.4 Å². The zero-order valence-electron chi connectivity index (χ0n) is 14.0. The van der Waals surface area contributed by atoms with Gasteiger partial charge in [0, 0.05) is 16.8 Å². The second-order valence-electron chi connectivity index (χ2n) is 6.57. The molecule has 0 amide bonds. The van der Waals surface area contributed by atoms with Gasteiger partial charge in [0.05, 0.1) is 11.6 Å². The lowest BCUT2D eigenvalue weighted by Gasteiger charge is -2.19. The van der Waals surface area contributed by atoms with Gasteiger partial charge >= 0.3 is 5.97 Å². The molecule has 25 heavy (non-hydrogen) atoms. The van der Waals surface area contributed by atoms with Crippen LogP contribution >= 0.6 is 24.2 Å². The number of rotatable bonds is 6. The van der Waals surface area contributed by atoms with Gasteiger partial charge in [-0.3, -0.25) is 9.78 Å². The number of thiol groups is 1. The summed E-state index contributed by atoms with van der Waals surface area (Å²) >= 11 is 10.9. The van der Waals surface area contributed by atoms with Gasteiger partial charge < -0.3 is 9.84 Å². The number of ether oxygens (including phenoxy) is 1. The summed E-state index contributed by atoms with van der Waals surface area (Å²) < 4.78 is 5.92. The van der Waals surface area contributed by atoms with Crippen LogP contribution in [0, 0.1) is 5.92 Å². The van der Waals surface area contributed by atoms with Gasteiger partial charge in [-0.25, -0.2) is 0 Å². The first kappa shape index (κ1) is 18.1. The van der Waals surface area contributed by atoms with E-state index < -0.39 is 11.4 Å². The highest BCUT2D eigenvalue weighted by molar-refractivity contribution is 7.80. The largest absolute Gasteiger partial charge is 0.481 e. The lowest BCUT2D eigenvalue weighted by Crippen LogP contribution is -2.07. The lowest BCUT2D eigenvalue weighted by molar-refractivity contribution is -0.138. The van der Waals surface area contributed by atoms with E-state index in [9.17, 15) is 4.79 Å². The normalized spacial score (nSPS) is 20.4. The van der Waals surface area contributed by atoms with Crippen molar-refractivity contribution in [3.63, 3.8) is 0 Å². The Hall–Kier alpha value is -1.72. The number of benzene rings is 1. The number of carboxylic acids is 1. The number of hydrogen-bond donors (Lipinski definition) is 2. The number of hydrogen-bond acceptors (Lipinski definition) is 4. The fraction of sp³-hybridized carbons (Fsp3) is 0.368. The summed E-state index contributed by atoms with van der Waals surface area (Å²) in [5.74, 6) is -0.236. The second kappa shape index (κ2) is 7.26. The first-order valence-electron chi connectivity index (χ1n) is 8.20. The monoisotopic (exact) mass is 377 g/mol. The third-order valence-electron chi connectivity index (χ3n) is 4.41. The predicted molar refractivity (Wildman–Crippen MR) is 101 cm³/mol. The molecule has 4 nitrogen and oxygen atoms in total. The molecular weight excluding hydrogens is 358 g/mol. The van der Waals surface area contributed by atoms with Gasteiger partial charge in [-0.1, -0.05) is 37.6 Å². The second-order valence-corrected chi connectivity index (χ2v) is 7.45. The average molecular weight is 378 g/mol. The van der Waals surface area contributed by atoms with E-state index in [0.717, 1.165) is 16.8 Å². The number of carboxylic acid groups (broad SMARTS) is 1. The summed E-state index contributed by atoms with van der Waals surface area (Å²) in [4.78, 5) is 15.4. The number of carbonyl (C=O) groups is 1. The van der Waals surface area contributed by atoms with E-state index in [4.69, 9.17) is 21.4 Å². The molecule has 0 saturated heterocycles. The average Bonchev–Trinajstić information content (AvgIpc) is 3.35. The van der Waals surface area contributed by atoms with Gasteiger partial charge in [-0.15, -0.1) is 12.6 Å². The lowest BCUT2D eigenvalue weighted by atomic mass is 10.0. The van der Waals surface area contributed by atoms with Crippen LogP contribution in [0.4, 0.5) is 0 Å². The van der Waals surface area contributed by atoms with E-state index in [1.54, 1.807) is 12.3 Å². The Morgan fingerprint density at radius 2 is 2.16 bits per heavy atom. The first-order valence-corrected chi connectivity index (χ1v) is 9.09. The summed E-state index contributed by atoms with van der Waals surface area (Å²) in [6.45, 7) is 4.15. The molecule has 3 atom stereocenters. The molecule has 1 N–H and O–H groups in total. The molecule has 3 rings (SSSR count). The number of pyridine rings is 1. The minimum Gasteiger partial charge on any atom is -0.481 e. The van der Waals surface area contributed by atoms with E-state index in [2.05, 4.69) is 31.5 Å². The SMILES string of the molecule is CC(C)c1ncccc1C(S)Oc1ccc(C2CC2C(=O)O)c(Cl)c1. The molecule has 1 fully saturated rings. The third kappa shape index (κ3) is 3.93. The molecule has 0 radical (unpaired) electrons. The number of aromatic nitrogens is 1. The van der Waals surface area contributed by atoms with Gasteiger partial charge in [0.1, 0.15) is 5.75 Å². The van der Waals surface area contributed by atoms with Crippen molar-refractivity contribution in [1.29, 1.82) is 0 Å². The number of nitrogens with zero attached hydrogens (tertiary/aromatic N) is 1. The maximum absolute atomic E-state index is 11.0. The van der Waals surface area contributed by atoms with E-state index in [1.807, 2.05) is 24.3 Å². The van der Waals surface area contributed by atoms with Gasteiger partial charge in [0.15, 0.2) is 5.44 Å². The smallest absolute Gasteiger partial charge is 0.307 e. The van der Waals surface area contributed by atoms with Crippen molar-refractivity contribution < 1.29 is 14.6 Å². The molecule has 1 aromatic carbocycles. The highest BCUT2D eigenvalue weighted by Gasteiger charge is 2.45. The minimum absolute atomic E-state index is 0.00304. The fourth-order valence-corrected chi connectivity index (χ4v) is 3.66. The van der Waals surface area contributed by atoms with Crippen LogP contribution in [0.25, 0.3) is 0 Å². The standard InChI is InChI=1S/C19H20ClNO3S/c1-10(2)17-13(4-3-7-21-17)19(25)24-11-5-6-12(16(20)8-11)14-9-15(14)18(22)23/h3-8,10,14-15,19,25H,9H2,1-2H3,(H,22,23). The summed E-state index contributed by atoms with van der Waals surface area (Å²) in [5.41, 5.74) is 2.28. The summed E-state index contributed by atoms with van der Waals surface area (Å²) in [5, 5.41) is 9.59. The predicted octanol–water partition coefficient (Wildman–Crippen LogP) is 5.05. The zero-order chi connectivity index (χ0) is 18.1. The van der Waals surface area contributed by atoms with E-state index >= 15 is 0 Å². The molecule has 1 aliphatic carbocycles. The molecule has 3 unspecified atom stereocenters. The molecule has 1 aliphatic rings. The van der Waals surface area contributed by atoms with Crippen LogP contribution < -0.4 is 4.74 Å². The van der Waals surface area contributed by atoms with Crippen molar-refractivity contribution in [3.05, 3.63) is 58.4 Å². The van der Waals surface area contributed by atoms with Crippen molar-refractivity contribution in [2.45, 2.75) is 37.5 Å². The molecule has 6 heteroatoms. The molecule has 132 valence electrons. The molecule has 0 bridgehead atoms. The third-order valence-corrected chi connectivity index (χ3v) is 5.12. The Labute approximate surface area is 157 Å². The first-order chi connectivity index (χ1) is 11.9. The molecule has 1 aromatic heterocycles.